The number of benzene rings is 2. The van der Waals surface area contributed by atoms with Gasteiger partial charge in [0.25, 0.3) is 0 Å². The molecule has 2 rings (SSSR count). The van der Waals surface area contributed by atoms with Gasteiger partial charge in [0.05, 0.1) is 6.04 Å². The van der Waals surface area contributed by atoms with Crippen LogP contribution in [0.2, 0.25) is 0 Å². The predicted molar refractivity (Wildman–Crippen MR) is 87.4 cm³/mol. The zero-order valence-electron chi connectivity index (χ0n) is 13.3. The number of halogens is 1. The molecule has 0 unspecified atom stereocenters. The maximum Gasteiger partial charge on any atom is 0.313 e. The van der Waals surface area contributed by atoms with Gasteiger partial charge in [-0.1, -0.05) is 30.3 Å². The summed E-state index contributed by atoms with van der Waals surface area (Å²) in [5.74, 6) is -1.78. The van der Waals surface area contributed by atoms with Gasteiger partial charge in [0.15, 0.2) is 0 Å². The highest BCUT2D eigenvalue weighted by molar-refractivity contribution is 6.39. The van der Waals surface area contributed by atoms with E-state index in [1.54, 1.807) is 14.0 Å². The van der Waals surface area contributed by atoms with Crippen LogP contribution in [0, 0.1) is 12.7 Å². The molecule has 0 saturated heterocycles. The summed E-state index contributed by atoms with van der Waals surface area (Å²) in [6, 6.07) is 13.2. The van der Waals surface area contributed by atoms with Crippen molar-refractivity contribution >= 4 is 17.5 Å². The summed E-state index contributed by atoms with van der Waals surface area (Å²) in [7, 11) is 1.58. The molecule has 23 heavy (non-hydrogen) atoms. The molecule has 120 valence electrons. The summed E-state index contributed by atoms with van der Waals surface area (Å²) >= 11 is 0. The molecule has 1 atom stereocenters. The quantitative estimate of drug-likeness (QED) is 0.884. The zero-order chi connectivity index (χ0) is 17.0. The molecule has 0 fully saturated rings. The number of hydrogen-bond donors (Lipinski definition) is 1. The first-order valence-corrected chi connectivity index (χ1v) is 7.29. The van der Waals surface area contributed by atoms with E-state index in [1.165, 1.54) is 23.1 Å². The van der Waals surface area contributed by atoms with Crippen molar-refractivity contribution in [1.29, 1.82) is 0 Å². The van der Waals surface area contributed by atoms with Crippen LogP contribution in [0.3, 0.4) is 0 Å². The monoisotopic (exact) mass is 314 g/mol. The van der Waals surface area contributed by atoms with Crippen LogP contribution in [0.5, 0.6) is 0 Å². The number of nitrogens with one attached hydrogen (secondary N) is 1. The average molecular weight is 314 g/mol. The fraction of sp³-hybridized carbons (Fsp3) is 0.222. The van der Waals surface area contributed by atoms with Crippen LogP contribution in [0.25, 0.3) is 0 Å². The SMILES string of the molecule is Cc1cc(F)ccc1NC(=O)C(=O)N(C)[C@H](C)c1ccccc1. The molecule has 2 aromatic carbocycles. The Labute approximate surface area is 134 Å². The van der Waals surface area contributed by atoms with Crippen LogP contribution >= 0.6 is 0 Å². The third-order valence-electron chi connectivity index (χ3n) is 3.81. The van der Waals surface area contributed by atoms with Crippen LogP contribution in [-0.4, -0.2) is 23.8 Å². The molecule has 0 bridgehead atoms. The zero-order valence-corrected chi connectivity index (χ0v) is 13.3. The smallest absolute Gasteiger partial charge is 0.313 e. The van der Waals surface area contributed by atoms with Gasteiger partial charge in [0, 0.05) is 12.7 Å². The number of nitrogens with zero attached hydrogens (tertiary/aromatic N) is 1. The van der Waals surface area contributed by atoms with Crippen molar-refractivity contribution in [3.8, 4) is 0 Å². The lowest BCUT2D eigenvalue weighted by molar-refractivity contribution is -0.143. The Morgan fingerprint density at radius 3 is 2.39 bits per heavy atom. The number of aryl methyl sites for hydroxylation is 1. The Morgan fingerprint density at radius 2 is 1.78 bits per heavy atom. The first-order valence-electron chi connectivity index (χ1n) is 7.29. The molecule has 4 nitrogen and oxygen atoms in total. The van der Waals surface area contributed by atoms with Gasteiger partial charge in [-0.15, -0.1) is 0 Å². The summed E-state index contributed by atoms with van der Waals surface area (Å²) in [4.78, 5) is 25.8. The van der Waals surface area contributed by atoms with Crippen molar-refractivity contribution in [1.82, 2.24) is 4.90 Å². The normalized spacial score (nSPS) is 11.7. The molecule has 0 heterocycles. The number of likely N-dealkylation sites (N-methyl/N-ethyl adjacent to an activating group) is 1. The van der Waals surface area contributed by atoms with Crippen molar-refractivity contribution in [3.05, 3.63) is 65.5 Å². The topological polar surface area (TPSA) is 49.4 Å². The number of hydrogen-bond acceptors (Lipinski definition) is 2. The van der Waals surface area contributed by atoms with Gasteiger partial charge in [-0.3, -0.25) is 9.59 Å². The van der Waals surface area contributed by atoms with Crippen molar-refractivity contribution in [2.45, 2.75) is 19.9 Å². The van der Waals surface area contributed by atoms with Gasteiger partial charge in [-0.05, 0) is 43.2 Å². The summed E-state index contributed by atoms with van der Waals surface area (Å²) in [6.07, 6.45) is 0. The molecule has 0 aliphatic rings. The lowest BCUT2D eigenvalue weighted by atomic mass is 10.1. The molecule has 0 aliphatic carbocycles. The Hall–Kier alpha value is -2.69. The molecule has 2 amide bonds. The van der Waals surface area contributed by atoms with Crippen LogP contribution in [0.15, 0.2) is 48.5 Å². The third-order valence-corrected chi connectivity index (χ3v) is 3.81. The van der Waals surface area contributed by atoms with E-state index in [2.05, 4.69) is 5.32 Å². The number of carbonyl (C=O) groups is 2. The highest BCUT2D eigenvalue weighted by Gasteiger charge is 2.24. The van der Waals surface area contributed by atoms with Gasteiger partial charge < -0.3 is 10.2 Å². The van der Waals surface area contributed by atoms with E-state index in [1.807, 2.05) is 37.3 Å². The standard InChI is InChI=1S/C18H19FN2O2/c1-12-11-15(19)9-10-16(12)20-17(22)18(23)21(3)13(2)14-7-5-4-6-8-14/h4-11,13H,1-3H3,(H,20,22)/t13-/m1/s1. The van der Waals surface area contributed by atoms with Crippen LogP contribution in [0.1, 0.15) is 24.1 Å². The van der Waals surface area contributed by atoms with Crippen LogP contribution < -0.4 is 5.32 Å². The largest absolute Gasteiger partial charge is 0.331 e. The minimum atomic E-state index is -0.745. The van der Waals surface area contributed by atoms with E-state index in [9.17, 15) is 14.0 Å². The Morgan fingerprint density at radius 1 is 1.13 bits per heavy atom. The van der Waals surface area contributed by atoms with Crippen molar-refractivity contribution in [3.63, 3.8) is 0 Å². The van der Waals surface area contributed by atoms with Gasteiger partial charge >= 0.3 is 11.8 Å². The molecule has 2 aromatic rings. The second-order valence-electron chi connectivity index (χ2n) is 5.42. The molecule has 0 spiro atoms. The molecule has 5 heteroatoms. The van der Waals surface area contributed by atoms with E-state index < -0.39 is 11.8 Å². The minimum Gasteiger partial charge on any atom is -0.331 e. The fourth-order valence-corrected chi connectivity index (χ4v) is 2.23. The van der Waals surface area contributed by atoms with E-state index in [0.717, 1.165) is 5.56 Å². The Balaban J connectivity index is 2.08. The van der Waals surface area contributed by atoms with Crippen molar-refractivity contribution < 1.29 is 14.0 Å². The molecule has 0 radical (unpaired) electrons. The fourth-order valence-electron chi connectivity index (χ4n) is 2.23. The highest BCUT2D eigenvalue weighted by atomic mass is 19.1. The summed E-state index contributed by atoms with van der Waals surface area (Å²) < 4.78 is 13.1. The van der Waals surface area contributed by atoms with Crippen LogP contribution in [0.4, 0.5) is 10.1 Å². The lowest BCUT2D eigenvalue weighted by Crippen LogP contribution is -2.38. The van der Waals surface area contributed by atoms with Crippen LogP contribution in [-0.2, 0) is 9.59 Å². The lowest BCUT2D eigenvalue weighted by Gasteiger charge is -2.24. The second kappa shape index (κ2) is 7.05. The first kappa shape index (κ1) is 16.7. The van der Waals surface area contributed by atoms with Gasteiger partial charge in [-0.2, -0.15) is 0 Å². The summed E-state index contributed by atoms with van der Waals surface area (Å²) in [6.45, 7) is 3.52. The maximum absolute atomic E-state index is 13.1. The maximum atomic E-state index is 13.1. The molecule has 0 aliphatic heterocycles. The van der Waals surface area contributed by atoms with Crippen molar-refractivity contribution in [2.75, 3.05) is 12.4 Å². The third kappa shape index (κ3) is 3.94. The second-order valence-corrected chi connectivity index (χ2v) is 5.42. The average Bonchev–Trinajstić information content (AvgIpc) is 2.56. The van der Waals surface area contributed by atoms with Gasteiger partial charge in [-0.25, -0.2) is 4.39 Å². The van der Waals surface area contributed by atoms with E-state index in [0.29, 0.717) is 11.3 Å². The molecular weight excluding hydrogens is 295 g/mol. The van der Waals surface area contributed by atoms with Crippen molar-refractivity contribution in [2.24, 2.45) is 0 Å². The molecule has 0 saturated carbocycles. The number of anilines is 1. The molecule has 0 aromatic heterocycles. The highest BCUT2D eigenvalue weighted by Crippen LogP contribution is 2.19. The predicted octanol–water partition coefficient (Wildman–Crippen LogP) is 3.29. The Kier molecular flexibility index (Phi) is 5.11. The first-order chi connectivity index (χ1) is 10.9. The van der Waals surface area contributed by atoms with E-state index in [4.69, 9.17) is 0 Å². The summed E-state index contributed by atoms with van der Waals surface area (Å²) in [5.41, 5.74) is 1.92. The van der Waals surface area contributed by atoms with Gasteiger partial charge in [0.2, 0.25) is 0 Å². The Bertz CT molecular complexity index is 716. The molecular formula is C18H19FN2O2. The molecule has 1 N–H and O–H groups in total. The van der Waals surface area contributed by atoms with E-state index in [-0.39, 0.29) is 11.9 Å². The number of rotatable bonds is 3. The number of amides is 2. The van der Waals surface area contributed by atoms with Gasteiger partial charge in [0.1, 0.15) is 5.82 Å². The van der Waals surface area contributed by atoms with E-state index >= 15 is 0 Å². The summed E-state index contributed by atoms with van der Waals surface area (Å²) in [5, 5.41) is 2.53. The number of carbonyl (C=O) groups excluding carboxylic acids is 2. The minimum absolute atomic E-state index is 0.233.